The molecule has 106 valence electrons. The van der Waals surface area contributed by atoms with Gasteiger partial charge < -0.3 is 0 Å². The molecule has 0 aromatic carbocycles. The van der Waals surface area contributed by atoms with Crippen LogP contribution < -0.4 is 0 Å². The van der Waals surface area contributed by atoms with Crippen LogP contribution in [0.3, 0.4) is 0 Å². The lowest BCUT2D eigenvalue weighted by atomic mass is 10.1. The summed E-state index contributed by atoms with van der Waals surface area (Å²) in [5.41, 5.74) is -0.187. The first-order chi connectivity index (χ1) is 9.20. The standard InChI is InChI=1S/C13H9ClF3NOS/c1-6-5-9(20-7(6)2)11(19)8-3-4-10(13(15,16)17)18-12(8)14/h3-5H,1-2H3. The maximum absolute atomic E-state index is 12.5. The van der Waals surface area contributed by atoms with E-state index in [1.807, 2.05) is 13.8 Å². The van der Waals surface area contributed by atoms with E-state index in [4.69, 9.17) is 11.6 Å². The zero-order chi connectivity index (χ0) is 15.1. The maximum Gasteiger partial charge on any atom is 0.433 e. The Kier molecular flexibility index (Phi) is 3.88. The van der Waals surface area contributed by atoms with Gasteiger partial charge in [-0.25, -0.2) is 4.98 Å². The number of aromatic nitrogens is 1. The van der Waals surface area contributed by atoms with Crippen molar-refractivity contribution in [3.8, 4) is 0 Å². The smallest absolute Gasteiger partial charge is 0.288 e. The molecule has 2 aromatic heterocycles. The van der Waals surface area contributed by atoms with E-state index < -0.39 is 22.8 Å². The Labute approximate surface area is 122 Å². The molecule has 0 bridgehead atoms. The number of ketones is 1. The molecule has 0 saturated carbocycles. The van der Waals surface area contributed by atoms with Crippen molar-refractivity contribution in [2.75, 3.05) is 0 Å². The van der Waals surface area contributed by atoms with Crippen molar-refractivity contribution in [1.29, 1.82) is 0 Å². The Bertz CT molecular complexity index is 659. The van der Waals surface area contributed by atoms with Gasteiger partial charge in [0.15, 0.2) is 0 Å². The first-order valence-corrected chi connectivity index (χ1v) is 6.75. The Morgan fingerprint density at radius 3 is 2.40 bits per heavy atom. The summed E-state index contributed by atoms with van der Waals surface area (Å²) in [6, 6.07) is 3.51. The van der Waals surface area contributed by atoms with Gasteiger partial charge in [-0.2, -0.15) is 13.2 Å². The predicted molar refractivity (Wildman–Crippen MR) is 71.5 cm³/mol. The van der Waals surface area contributed by atoms with Gasteiger partial charge in [0.25, 0.3) is 0 Å². The van der Waals surface area contributed by atoms with Crippen molar-refractivity contribution >= 4 is 28.7 Å². The first kappa shape index (κ1) is 15.0. The number of hydrogen-bond acceptors (Lipinski definition) is 3. The van der Waals surface area contributed by atoms with Gasteiger partial charge in [-0.05, 0) is 37.6 Å². The quantitative estimate of drug-likeness (QED) is 0.595. The Morgan fingerprint density at radius 1 is 1.30 bits per heavy atom. The van der Waals surface area contributed by atoms with Crippen molar-refractivity contribution in [1.82, 2.24) is 4.98 Å². The number of pyridine rings is 1. The summed E-state index contributed by atoms with van der Waals surface area (Å²) >= 11 is 6.98. The molecule has 0 saturated heterocycles. The highest BCUT2D eigenvalue weighted by molar-refractivity contribution is 7.14. The highest BCUT2D eigenvalue weighted by Crippen LogP contribution is 2.31. The van der Waals surface area contributed by atoms with Crippen LogP contribution in [0.5, 0.6) is 0 Å². The fourth-order valence-electron chi connectivity index (χ4n) is 1.58. The lowest BCUT2D eigenvalue weighted by molar-refractivity contribution is -0.141. The summed E-state index contributed by atoms with van der Waals surface area (Å²) in [6.45, 7) is 3.72. The molecule has 0 N–H and O–H groups in total. The number of aryl methyl sites for hydroxylation is 2. The molecule has 0 aliphatic carbocycles. The van der Waals surface area contributed by atoms with Crippen LogP contribution in [0.25, 0.3) is 0 Å². The summed E-state index contributed by atoms with van der Waals surface area (Å²) in [6.07, 6.45) is -4.58. The van der Waals surface area contributed by atoms with Crippen LogP contribution in [0.4, 0.5) is 13.2 Å². The number of carbonyl (C=O) groups excluding carboxylic acids is 1. The third kappa shape index (κ3) is 2.86. The predicted octanol–water partition coefficient (Wildman–Crippen LogP) is 4.66. The Morgan fingerprint density at radius 2 is 1.95 bits per heavy atom. The summed E-state index contributed by atoms with van der Waals surface area (Å²) in [5, 5.41) is -0.437. The van der Waals surface area contributed by atoms with Crippen LogP contribution >= 0.6 is 22.9 Å². The summed E-state index contributed by atoms with van der Waals surface area (Å²) in [5.74, 6) is -0.419. The summed E-state index contributed by atoms with van der Waals surface area (Å²) < 4.78 is 37.4. The SMILES string of the molecule is Cc1cc(C(=O)c2ccc(C(F)(F)F)nc2Cl)sc1C. The molecular formula is C13H9ClF3NOS. The van der Waals surface area contributed by atoms with Crippen molar-refractivity contribution in [3.05, 3.63) is 49.9 Å². The van der Waals surface area contributed by atoms with Gasteiger partial charge in [-0.15, -0.1) is 11.3 Å². The zero-order valence-corrected chi connectivity index (χ0v) is 12.1. The number of nitrogens with zero attached hydrogens (tertiary/aromatic N) is 1. The molecule has 20 heavy (non-hydrogen) atoms. The summed E-state index contributed by atoms with van der Waals surface area (Å²) in [7, 11) is 0. The molecule has 0 radical (unpaired) electrons. The number of alkyl halides is 3. The van der Waals surface area contributed by atoms with Gasteiger partial charge in [0.2, 0.25) is 5.78 Å². The largest absolute Gasteiger partial charge is 0.433 e. The molecular weight excluding hydrogens is 311 g/mol. The molecule has 2 heterocycles. The van der Waals surface area contributed by atoms with E-state index in [2.05, 4.69) is 4.98 Å². The lowest BCUT2D eigenvalue weighted by Gasteiger charge is -2.07. The Balaban J connectivity index is 2.41. The molecule has 2 rings (SSSR count). The maximum atomic E-state index is 12.5. The van der Waals surface area contributed by atoms with E-state index in [0.29, 0.717) is 4.88 Å². The average molecular weight is 320 g/mol. The normalized spacial score (nSPS) is 11.7. The number of hydrogen-bond donors (Lipinski definition) is 0. The zero-order valence-electron chi connectivity index (χ0n) is 10.5. The molecule has 7 heteroatoms. The van der Waals surface area contributed by atoms with E-state index in [9.17, 15) is 18.0 Å². The minimum absolute atomic E-state index is 0.0269. The van der Waals surface area contributed by atoms with Crippen molar-refractivity contribution in [3.63, 3.8) is 0 Å². The molecule has 0 atom stereocenters. The van der Waals surface area contributed by atoms with E-state index in [1.54, 1.807) is 6.07 Å². The van der Waals surface area contributed by atoms with Gasteiger partial charge in [-0.3, -0.25) is 4.79 Å². The second kappa shape index (κ2) is 5.18. The van der Waals surface area contributed by atoms with Gasteiger partial charge in [0.1, 0.15) is 10.8 Å². The molecule has 0 amide bonds. The molecule has 0 aliphatic rings. The first-order valence-electron chi connectivity index (χ1n) is 5.55. The molecule has 0 unspecified atom stereocenters. The molecule has 0 spiro atoms. The lowest BCUT2D eigenvalue weighted by Crippen LogP contribution is -2.10. The number of carbonyl (C=O) groups is 1. The van der Waals surface area contributed by atoms with Crippen LogP contribution in [-0.4, -0.2) is 10.8 Å². The van der Waals surface area contributed by atoms with E-state index >= 15 is 0 Å². The molecule has 2 aromatic rings. The highest BCUT2D eigenvalue weighted by atomic mass is 35.5. The molecule has 2 nitrogen and oxygen atoms in total. The van der Waals surface area contributed by atoms with Crippen LogP contribution in [0, 0.1) is 13.8 Å². The van der Waals surface area contributed by atoms with Gasteiger partial charge in [0, 0.05) is 4.88 Å². The van der Waals surface area contributed by atoms with Crippen molar-refractivity contribution in [2.45, 2.75) is 20.0 Å². The van der Waals surface area contributed by atoms with E-state index in [1.165, 1.54) is 11.3 Å². The van der Waals surface area contributed by atoms with Crippen LogP contribution in [-0.2, 0) is 6.18 Å². The van der Waals surface area contributed by atoms with Crippen LogP contribution in [0.2, 0.25) is 5.15 Å². The van der Waals surface area contributed by atoms with Crippen LogP contribution in [0.15, 0.2) is 18.2 Å². The van der Waals surface area contributed by atoms with Crippen molar-refractivity contribution < 1.29 is 18.0 Å². The van der Waals surface area contributed by atoms with Crippen LogP contribution in [0.1, 0.15) is 31.4 Å². The van der Waals surface area contributed by atoms with Gasteiger partial charge in [-0.1, -0.05) is 11.6 Å². The third-order valence-electron chi connectivity index (χ3n) is 2.77. The van der Waals surface area contributed by atoms with E-state index in [-0.39, 0.29) is 5.56 Å². The fraction of sp³-hybridized carbons (Fsp3) is 0.231. The van der Waals surface area contributed by atoms with Gasteiger partial charge in [0.05, 0.1) is 10.4 Å². The number of halogens is 4. The number of thiophene rings is 1. The minimum atomic E-state index is -4.58. The summed E-state index contributed by atoms with van der Waals surface area (Å²) in [4.78, 5) is 16.9. The van der Waals surface area contributed by atoms with Gasteiger partial charge >= 0.3 is 6.18 Å². The van der Waals surface area contributed by atoms with Crippen molar-refractivity contribution in [2.24, 2.45) is 0 Å². The third-order valence-corrected chi connectivity index (χ3v) is 4.21. The Hall–Kier alpha value is -1.40. The molecule has 0 fully saturated rings. The second-order valence-electron chi connectivity index (χ2n) is 4.21. The second-order valence-corrected chi connectivity index (χ2v) is 5.83. The topological polar surface area (TPSA) is 30.0 Å². The molecule has 0 aliphatic heterocycles. The fourth-order valence-corrected chi connectivity index (χ4v) is 2.81. The highest BCUT2D eigenvalue weighted by Gasteiger charge is 2.33. The average Bonchev–Trinajstić information content (AvgIpc) is 2.67. The minimum Gasteiger partial charge on any atom is -0.288 e. The monoisotopic (exact) mass is 319 g/mol. The number of rotatable bonds is 2. The van der Waals surface area contributed by atoms with E-state index in [0.717, 1.165) is 22.6 Å².